The van der Waals surface area contributed by atoms with Gasteiger partial charge >= 0.3 is 6.18 Å². The summed E-state index contributed by atoms with van der Waals surface area (Å²) in [4.78, 5) is 27.1. The maximum atomic E-state index is 13.3. The van der Waals surface area contributed by atoms with Crippen LogP contribution in [0.5, 0.6) is 0 Å². The number of hydrogen-bond donors (Lipinski definition) is 1. The normalized spacial score (nSPS) is 21.9. The van der Waals surface area contributed by atoms with Gasteiger partial charge in [0.25, 0.3) is 0 Å². The number of anilines is 1. The first kappa shape index (κ1) is 16.5. The van der Waals surface area contributed by atoms with Crippen LogP contribution in [0.4, 0.5) is 18.9 Å². The monoisotopic (exact) mass is 338 g/mol. The molecule has 0 aliphatic carbocycles. The lowest BCUT2D eigenvalue weighted by Gasteiger charge is -2.38. The van der Waals surface area contributed by atoms with Crippen LogP contribution in [-0.2, 0) is 11.0 Å². The summed E-state index contributed by atoms with van der Waals surface area (Å²) in [5.41, 5.74) is -1.06. The average molecular weight is 338 g/mol. The van der Waals surface area contributed by atoms with Crippen molar-refractivity contribution in [2.45, 2.75) is 32.0 Å². The van der Waals surface area contributed by atoms with Gasteiger partial charge in [0.1, 0.15) is 6.29 Å². The van der Waals surface area contributed by atoms with Crippen LogP contribution in [0.25, 0.3) is 10.9 Å². The highest BCUT2D eigenvalue weighted by molar-refractivity contribution is 5.86. The fourth-order valence-electron chi connectivity index (χ4n) is 3.37. The fraction of sp³-hybridized carbons (Fsp3) is 0.412. The van der Waals surface area contributed by atoms with Crippen LogP contribution in [0.3, 0.4) is 0 Å². The topological polar surface area (TPSA) is 53.2 Å². The molecule has 2 heterocycles. The van der Waals surface area contributed by atoms with E-state index in [1.807, 2.05) is 11.8 Å². The van der Waals surface area contributed by atoms with E-state index < -0.39 is 17.3 Å². The molecule has 1 N–H and O–H groups in total. The molecule has 4 nitrogen and oxygen atoms in total. The van der Waals surface area contributed by atoms with E-state index in [-0.39, 0.29) is 22.9 Å². The van der Waals surface area contributed by atoms with Gasteiger partial charge in [-0.3, -0.25) is 4.79 Å². The largest absolute Gasteiger partial charge is 0.417 e. The van der Waals surface area contributed by atoms with E-state index in [0.717, 1.165) is 19.1 Å². The van der Waals surface area contributed by atoms with Gasteiger partial charge in [0, 0.05) is 29.2 Å². The quantitative estimate of drug-likeness (QED) is 0.855. The van der Waals surface area contributed by atoms with Gasteiger partial charge < -0.3 is 14.7 Å². The first-order valence-electron chi connectivity index (χ1n) is 7.77. The van der Waals surface area contributed by atoms with Crippen LogP contribution in [0.1, 0.15) is 25.3 Å². The van der Waals surface area contributed by atoms with Crippen molar-refractivity contribution in [1.29, 1.82) is 0 Å². The number of nitrogens with zero attached hydrogens (tertiary/aromatic N) is 1. The predicted octanol–water partition coefficient (Wildman–Crippen LogP) is 3.35. The lowest BCUT2D eigenvalue weighted by Crippen LogP contribution is -2.45. The number of benzene rings is 1. The highest BCUT2D eigenvalue weighted by atomic mass is 19.4. The highest BCUT2D eigenvalue weighted by Gasteiger charge is 2.34. The van der Waals surface area contributed by atoms with E-state index in [2.05, 4.69) is 4.98 Å². The Kier molecular flexibility index (Phi) is 4.11. The molecule has 1 saturated heterocycles. The second-order valence-electron chi connectivity index (χ2n) is 6.21. The number of piperidine rings is 1. The van der Waals surface area contributed by atoms with Gasteiger partial charge in [-0.2, -0.15) is 13.2 Å². The zero-order valence-electron chi connectivity index (χ0n) is 13.1. The number of carbonyl (C=O) groups excluding carboxylic acids is 1. The van der Waals surface area contributed by atoms with Gasteiger partial charge in [-0.05, 0) is 37.0 Å². The van der Waals surface area contributed by atoms with Gasteiger partial charge in [-0.25, -0.2) is 0 Å². The van der Waals surface area contributed by atoms with Crippen LogP contribution in [0.2, 0.25) is 0 Å². The molecule has 0 spiro atoms. The molecule has 3 rings (SSSR count). The van der Waals surface area contributed by atoms with Crippen molar-refractivity contribution < 1.29 is 18.0 Å². The second kappa shape index (κ2) is 5.96. The number of aromatic nitrogens is 1. The Morgan fingerprint density at radius 3 is 2.71 bits per heavy atom. The molecule has 7 heteroatoms. The number of H-pyrrole nitrogens is 1. The maximum absolute atomic E-state index is 13.3. The molecule has 1 fully saturated rings. The van der Waals surface area contributed by atoms with Gasteiger partial charge in [-0.1, -0.05) is 6.92 Å². The lowest BCUT2D eigenvalue weighted by molar-refractivity contribution is -0.136. The number of fused-ring (bicyclic) bond motifs is 1. The molecule has 128 valence electrons. The molecular formula is C17H17F3N2O2. The number of aromatic amines is 1. The SMILES string of the molecule is CC1CCCN(c2ccc3[nH]c(=O)cc(C(F)(F)F)c3c2)C1C=O. The number of aldehydes is 1. The Morgan fingerprint density at radius 2 is 2.04 bits per heavy atom. The minimum Gasteiger partial charge on any atom is -0.361 e. The molecule has 0 amide bonds. The van der Waals surface area contributed by atoms with Gasteiger partial charge in [0.05, 0.1) is 11.6 Å². The maximum Gasteiger partial charge on any atom is 0.417 e. The second-order valence-corrected chi connectivity index (χ2v) is 6.21. The molecule has 2 aromatic rings. The highest BCUT2D eigenvalue weighted by Crippen LogP contribution is 2.36. The standard InChI is InChI=1S/C17H17F3N2O2/c1-10-3-2-6-22(15(10)9-23)11-4-5-14-12(7-11)13(17(18,19)20)8-16(24)21-14/h4-5,7-10,15H,2-3,6H2,1H3,(H,21,24). The molecule has 2 unspecified atom stereocenters. The van der Waals surface area contributed by atoms with Crippen LogP contribution in [-0.4, -0.2) is 23.9 Å². The van der Waals surface area contributed by atoms with Crippen LogP contribution in [0.15, 0.2) is 29.1 Å². The number of rotatable bonds is 2. The van der Waals surface area contributed by atoms with E-state index in [1.54, 1.807) is 6.07 Å². The van der Waals surface area contributed by atoms with Crippen molar-refractivity contribution in [3.05, 3.63) is 40.2 Å². The van der Waals surface area contributed by atoms with Crippen molar-refractivity contribution >= 4 is 22.9 Å². The van der Waals surface area contributed by atoms with Crippen molar-refractivity contribution in [3.8, 4) is 0 Å². The van der Waals surface area contributed by atoms with Crippen molar-refractivity contribution in [3.63, 3.8) is 0 Å². The number of pyridine rings is 1. The minimum absolute atomic E-state index is 0.0672. The summed E-state index contributed by atoms with van der Waals surface area (Å²) in [6.45, 7) is 2.58. The third kappa shape index (κ3) is 2.90. The smallest absolute Gasteiger partial charge is 0.361 e. The van der Waals surface area contributed by atoms with E-state index in [9.17, 15) is 22.8 Å². The summed E-state index contributed by atoms with van der Waals surface area (Å²) < 4.78 is 39.8. The Balaban J connectivity index is 2.16. The number of nitrogens with one attached hydrogen (secondary N) is 1. The van der Waals surface area contributed by atoms with Crippen LogP contribution >= 0.6 is 0 Å². The minimum atomic E-state index is -4.62. The van der Waals surface area contributed by atoms with Gasteiger partial charge in [-0.15, -0.1) is 0 Å². The molecular weight excluding hydrogens is 321 g/mol. The Bertz CT molecular complexity index is 829. The molecule has 0 radical (unpaired) electrons. The number of halogens is 3. The summed E-state index contributed by atoms with van der Waals surface area (Å²) in [7, 11) is 0. The third-order valence-electron chi connectivity index (χ3n) is 4.60. The zero-order valence-corrected chi connectivity index (χ0v) is 13.1. The predicted molar refractivity (Wildman–Crippen MR) is 85.2 cm³/mol. The Hall–Kier alpha value is -2.31. The zero-order chi connectivity index (χ0) is 17.5. The van der Waals surface area contributed by atoms with Gasteiger partial charge in [0.15, 0.2) is 0 Å². The Morgan fingerprint density at radius 1 is 1.29 bits per heavy atom. The number of carbonyl (C=O) groups is 1. The lowest BCUT2D eigenvalue weighted by atomic mass is 9.91. The van der Waals surface area contributed by atoms with Crippen molar-refractivity contribution in [2.75, 3.05) is 11.4 Å². The van der Waals surface area contributed by atoms with E-state index in [1.165, 1.54) is 12.1 Å². The molecule has 1 aromatic carbocycles. The molecule has 1 aliphatic rings. The molecule has 0 saturated carbocycles. The summed E-state index contributed by atoms with van der Waals surface area (Å²) in [6.07, 6.45) is -1.98. The first-order chi connectivity index (χ1) is 11.3. The van der Waals surface area contributed by atoms with E-state index in [4.69, 9.17) is 0 Å². The van der Waals surface area contributed by atoms with Crippen molar-refractivity contribution in [2.24, 2.45) is 5.92 Å². The van der Waals surface area contributed by atoms with Crippen LogP contribution < -0.4 is 10.5 Å². The Labute approximate surface area is 136 Å². The van der Waals surface area contributed by atoms with Crippen LogP contribution in [0, 0.1) is 5.92 Å². The first-order valence-corrected chi connectivity index (χ1v) is 7.77. The molecule has 0 bridgehead atoms. The number of alkyl halides is 3. The summed E-state index contributed by atoms with van der Waals surface area (Å²) in [5.74, 6) is 0.143. The molecule has 1 aromatic heterocycles. The molecule has 2 atom stereocenters. The van der Waals surface area contributed by atoms with E-state index >= 15 is 0 Å². The third-order valence-corrected chi connectivity index (χ3v) is 4.60. The van der Waals surface area contributed by atoms with Gasteiger partial charge in [0.2, 0.25) is 5.56 Å². The number of hydrogen-bond acceptors (Lipinski definition) is 3. The molecule has 1 aliphatic heterocycles. The average Bonchev–Trinajstić information content (AvgIpc) is 2.52. The fourth-order valence-corrected chi connectivity index (χ4v) is 3.37. The van der Waals surface area contributed by atoms with Crippen molar-refractivity contribution in [1.82, 2.24) is 4.98 Å². The summed E-state index contributed by atoms with van der Waals surface area (Å²) in [6, 6.07) is 4.73. The van der Waals surface area contributed by atoms with E-state index in [0.29, 0.717) is 18.3 Å². The molecule has 24 heavy (non-hydrogen) atoms. The summed E-state index contributed by atoms with van der Waals surface area (Å²) >= 11 is 0. The summed E-state index contributed by atoms with van der Waals surface area (Å²) in [5, 5.41) is -0.0672.